The van der Waals surface area contributed by atoms with Gasteiger partial charge in [-0.2, -0.15) is 10.2 Å². The van der Waals surface area contributed by atoms with Crippen molar-refractivity contribution in [2.24, 2.45) is 0 Å². The molecule has 21 heavy (non-hydrogen) atoms. The average Bonchev–Trinajstić information content (AvgIpc) is 3.12. The highest BCUT2D eigenvalue weighted by atomic mass is 16.2. The number of aryl methyl sites for hydroxylation is 1. The lowest BCUT2D eigenvalue weighted by Crippen LogP contribution is -2.27. The molecule has 0 radical (unpaired) electrons. The summed E-state index contributed by atoms with van der Waals surface area (Å²) in [6.07, 6.45) is 6.72. The number of amides is 1. The van der Waals surface area contributed by atoms with Gasteiger partial charge in [-0.05, 0) is 19.1 Å². The van der Waals surface area contributed by atoms with Gasteiger partial charge >= 0.3 is 0 Å². The van der Waals surface area contributed by atoms with Gasteiger partial charge in [0, 0.05) is 32.2 Å². The van der Waals surface area contributed by atoms with Gasteiger partial charge in [-0.3, -0.25) is 9.48 Å². The molecule has 0 fully saturated rings. The van der Waals surface area contributed by atoms with E-state index in [9.17, 15) is 4.79 Å². The van der Waals surface area contributed by atoms with E-state index in [0.29, 0.717) is 17.8 Å². The van der Waals surface area contributed by atoms with Gasteiger partial charge in [-0.25, -0.2) is 9.50 Å². The Hall–Kier alpha value is -2.70. The van der Waals surface area contributed by atoms with E-state index in [2.05, 4.69) is 15.2 Å². The standard InChI is InChI=1S/C14H16N6O/c1-3-19-11(5-7-16-19)10-18(2)14(21)12-9-17-20-8-4-6-15-13(12)20/h4-9H,3,10H2,1-2H3. The second-order valence-electron chi connectivity index (χ2n) is 4.75. The summed E-state index contributed by atoms with van der Waals surface area (Å²) in [5.74, 6) is -0.104. The van der Waals surface area contributed by atoms with Crippen molar-refractivity contribution in [3.05, 3.63) is 48.2 Å². The minimum absolute atomic E-state index is 0.104. The van der Waals surface area contributed by atoms with Crippen LogP contribution in [0.4, 0.5) is 0 Å². The molecule has 0 aliphatic carbocycles. The highest BCUT2D eigenvalue weighted by Gasteiger charge is 2.18. The molecule has 108 valence electrons. The Morgan fingerprint density at radius 2 is 2.19 bits per heavy atom. The topological polar surface area (TPSA) is 68.3 Å². The Kier molecular flexibility index (Phi) is 3.39. The number of rotatable bonds is 4. The number of nitrogens with zero attached hydrogens (tertiary/aromatic N) is 6. The Morgan fingerprint density at radius 1 is 1.33 bits per heavy atom. The second kappa shape index (κ2) is 5.35. The summed E-state index contributed by atoms with van der Waals surface area (Å²) in [4.78, 5) is 18.4. The van der Waals surface area contributed by atoms with E-state index in [1.54, 1.807) is 47.3 Å². The predicted octanol–water partition coefficient (Wildman–Crippen LogP) is 1.22. The van der Waals surface area contributed by atoms with Gasteiger partial charge in [0.2, 0.25) is 0 Å². The zero-order valence-electron chi connectivity index (χ0n) is 12.0. The zero-order valence-corrected chi connectivity index (χ0v) is 12.0. The normalized spacial score (nSPS) is 11.0. The van der Waals surface area contributed by atoms with E-state index in [4.69, 9.17) is 0 Å². The first kappa shape index (κ1) is 13.3. The molecule has 0 spiro atoms. The van der Waals surface area contributed by atoms with Gasteiger partial charge in [-0.1, -0.05) is 0 Å². The van der Waals surface area contributed by atoms with E-state index in [0.717, 1.165) is 12.2 Å². The van der Waals surface area contributed by atoms with Crippen LogP contribution in [0.1, 0.15) is 23.0 Å². The van der Waals surface area contributed by atoms with Crippen molar-refractivity contribution in [3.63, 3.8) is 0 Å². The van der Waals surface area contributed by atoms with Crippen LogP contribution in [0.5, 0.6) is 0 Å². The fraction of sp³-hybridized carbons (Fsp3) is 0.286. The maximum atomic E-state index is 12.5. The van der Waals surface area contributed by atoms with Gasteiger partial charge in [0.1, 0.15) is 5.56 Å². The molecule has 0 atom stereocenters. The molecule has 0 saturated carbocycles. The lowest BCUT2D eigenvalue weighted by atomic mass is 10.3. The molecule has 0 aliphatic heterocycles. The number of hydrogen-bond donors (Lipinski definition) is 0. The molecule has 0 aromatic carbocycles. The van der Waals surface area contributed by atoms with Gasteiger partial charge in [-0.15, -0.1) is 0 Å². The molecule has 3 heterocycles. The molecule has 0 aliphatic rings. The van der Waals surface area contributed by atoms with Crippen LogP contribution in [-0.2, 0) is 13.1 Å². The van der Waals surface area contributed by atoms with Crippen molar-refractivity contribution in [1.82, 2.24) is 29.3 Å². The molecule has 1 amide bonds. The summed E-state index contributed by atoms with van der Waals surface area (Å²) in [6, 6.07) is 3.69. The first-order valence-corrected chi connectivity index (χ1v) is 6.75. The third kappa shape index (κ3) is 2.37. The van der Waals surface area contributed by atoms with E-state index in [1.165, 1.54) is 0 Å². The number of aromatic nitrogens is 5. The first-order valence-electron chi connectivity index (χ1n) is 6.75. The van der Waals surface area contributed by atoms with Crippen LogP contribution in [0.15, 0.2) is 36.9 Å². The lowest BCUT2D eigenvalue weighted by molar-refractivity contribution is 0.0783. The molecule has 0 N–H and O–H groups in total. The van der Waals surface area contributed by atoms with Crippen molar-refractivity contribution in [2.45, 2.75) is 20.0 Å². The van der Waals surface area contributed by atoms with Crippen LogP contribution < -0.4 is 0 Å². The van der Waals surface area contributed by atoms with Gasteiger partial charge in [0.25, 0.3) is 5.91 Å². The van der Waals surface area contributed by atoms with E-state index in [1.807, 2.05) is 17.7 Å². The van der Waals surface area contributed by atoms with Gasteiger partial charge < -0.3 is 4.90 Å². The molecule has 0 unspecified atom stereocenters. The number of fused-ring (bicyclic) bond motifs is 1. The highest BCUT2D eigenvalue weighted by Crippen LogP contribution is 2.12. The summed E-state index contributed by atoms with van der Waals surface area (Å²) in [7, 11) is 1.77. The second-order valence-corrected chi connectivity index (χ2v) is 4.75. The number of carbonyl (C=O) groups is 1. The summed E-state index contributed by atoms with van der Waals surface area (Å²) in [5, 5.41) is 8.35. The first-order chi connectivity index (χ1) is 10.2. The van der Waals surface area contributed by atoms with Gasteiger partial charge in [0.15, 0.2) is 5.65 Å². The van der Waals surface area contributed by atoms with Crippen LogP contribution in [0.25, 0.3) is 5.65 Å². The predicted molar refractivity (Wildman–Crippen MR) is 76.7 cm³/mol. The fourth-order valence-electron chi connectivity index (χ4n) is 2.28. The SMILES string of the molecule is CCn1nccc1CN(C)C(=O)c1cnn2cccnc12. The molecular weight excluding hydrogens is 268 g/mol. The van der Waals surface area contributed by atoms with Crippen molar-refractivity contribution >= 4 is 11.6 Å². The molecule has 3 rings (SSSR count). The van der Waals surface area contributed by atoms with Crippen molar-refractivity contribution in [1.29, 1.82) is 0 Å². The third-order valence-corrected chi connectivity index (χ3v) is 3.36. The largest absolute Gasteiger partial charge is 0.336 e. The van der Waals surface area contributed by atoms with Crippen LogP contribution in [0.3, 0.4) is 0 Å². The summed E-state index contributed by atoms with van der Waals surface area (Å²) >= 11 is 0. The van der Waals surface area contributed by atoms with Crippen LogP contribution >= 0.6 is 0 Å². The number of carbonyl (C=O) groups excluding carboxylic acids is 1. The molecule has 7 heteroatoms. The number of hydrogen-bond acceptors (Lipinski definition) is 4. The maximum absolute atomic E-state index is 12.5. The molecule has 0 saturated heterocycles. The van der Waals surface area contributed by atoms with Crippen LogP contribution in [-0.4, -0.2) is 42.2 Å². The summed E-state index contributed by atoms with van der Waals surface area (Å²) < 4.78 is 3.47. The lowest BCUT2D eigenvalue weighted by Gasteiger charge is -2.17. The Bertz CT molecular complexity index is 774. The fourth-order valence-corrected chi connectivity index (χ4v) is 2.28. The zero-order chi connectivity index (χ0) is 14.8. The minimum Gasteiger partial charge on any atom is -0.336 e. The molecular formula is C14H16N6O. The quantitative estimate of drug-likeness (QED) is 0.722. The molecule has 3 aromatic rings. The monoisotopic (exact) mass is 284 g/mol. The highest BCUT2D eigenvalue weighted by molar-refractivity contribution is 5.99. The molecule has 7 nitrogen and oxygen atoms in total. The Labute approximate surface area is 121 Å². The molecule has 3 aromatic heterocycles. The summed E-state index contributed by atoms with van der Waals surface area (Å²) in [6.45, 7) is 3.30. The van der Waals surface area contributed by atoms with Crippen molar-refractivity contribution in [2.75, 3.05) is 7.05 Å². The Balaban J connectivity index is 1.84. The van der Waals surface area contributed by atoms with E-state index < -0.39 is 0 Å². The molecule has 0 bridgehead atoms. The van der Waals surface area contributed by atoms with Crippen LogP contribution in [0.2, 0.25) is 0 Å². The van der Waals surface area contributed by atoms with Crippen LogP contribution in [0, 0.1) is 0 Å². The Morgan fingerprint density at radius 3 is 3.00 bits per heavy atom. The minimum atomic E-state index is -0.104. The maximum Gasteiger partial charge on any atom is 0.259 e. The van der Waals surface area contributed by atoms with Gasteiger partial charge in [0.05, 0.1) is 18.4 Å². The smallest absolute Gasteiger partial charge is 0.259 e. The van der Waals surface area contributed by atoms with Crippen molar-refractivity contribution in [3.8, 4) is 0 Å². The van der Waals surface area contributed by atoms with E-state index in [-0.39, 0.29) is 5.91 Å². The third-order valence-electron chi connectivity index (χ3n) is 3.36. The van der Waals surface area contributed by atoms with E-state index >= 15 is 0 Å². The van der Waals surface area contributed by atoms with Crippen molar-refractivity contribution < 1.29 is 4.79 Å². The average molecular weight is 284 g/mol. The summed E-state index contributed by atoms with van der Waals surface area (Å²) in [5.41, 5.74) is 2.07.